The van der Waals surface area contributed by atoms with E-state index in [9.17, 15) is 9.59 Å². The zero-order valence-electron chi connectivity index (χ0n) is 15.1. The van der Waals surface area contributed by atoms with Gasteiger partial charge in [-0.2, -0.15) is 0 Å². The van der Waals surface area contributed by atoms with Gasteiger partial charge in [0.1, 0.15) is 5.69 Å². The maximum Gasteiger partial charge on any atom is 0.274 e. The fourth-order valence-corrected chi connectivity index (χ4v) is 3.64. The number of morpholine rings is 1. The lowest BCUT2D eigenvalue weighted by molar-refractivity contribution is -0.148. The molecule has 3 rings (SSSR count). The Labute approximate surface area is 148 Å². The van der Waals surface area contributed by atoms with E-state index < -0.39 is 0 Å². The highest BCUT2D eigenvalue weighted by Gasteiger charge is 2.34. The number of carbonyl (C=O) groups is 2. The van der Waals surface area contributed by atoms with Crippen molar-refractivity contribution < 1.29 is 14.3 Å². The second-order valence-electron chi connectivity index (χ2n) is 7.13. The van der Waals surface area contributed by atoms with Gasteiger partial charge in [-0.05, 0) is 33.6 Å². The van der Waals surface area contributed by atoms with Gasteiger partial charge in [0.25, 0.3) is 5.91 Å². The number of likely N-dealkylation sites (tertiary alicyclic amines) is 1. The number of aromatic nitrogens is 2. The predicted molar refractivity (Wildman–Crippen MR) is 92.0 cm³/mol. The molecule has 0 N–H and O–H groups in total. The van der Waals surface area contributed by atoms with Crippen molar-refractivity contribution in [3.8, 4) is 0 Å². The maximum absolute atomic E-state index is 12.9. The number of hydrogen-bond donors (Lipinski definition) is 0. The summed E-state index contributed by atoms with van der Waals surface area (Å²) in [5.41, 5.74) is 1.12. The first-order valence-corrected chi connectivity index (χ1v) is 8.96. The summed E-state index contributed by atoms with van der Waals surface area (Å²) in [7, 11) is 0. The highest BCUT2D eigenvalue weighted by atomic mass is 16.5. The van der Waals surface area contributed by atoms with Gasteiger partial charge in [-0.1, -0.05) is 0 Å². The number of aryl methyl sites for hydroxylation is 1. The van der Waals surface area contributed by atoms with Crippen LogP contribution < -0.4 is 0 Å². The molecule has 0 bridgehead atoms. The van der Waals surface area contributed by atoms with E-state index >= 15 is 0 Å². The van der Waals surface area contributed by atoms with Crippen LogP contribution in [0.3, 0.4) is 0 Å². The van der Waals surface area contributed by atoms with Gasteiger partial charge in [0.05, 0.1) is 30.0 Å². The first-order chi connectivity index (χ1) is 11.9. The van der Waals surface area contributed by atoms with Crippen molar-refractivity contribution in [2.75, 3.05) is 26.2 Å². The maximum atomic E-state index is 12.9. The van der Waals surface area contributed by atoms with Crippen molar-refractivity contribution in [2.24, 2.45) is 5.92 Å². The fraction of sp³-hybridized carbons (Fsp3) is 0.667. The lowest BCUT2D eigenvalue weighted by Crippen LogP contribution is -2.53. The van der Waals surface area contributed by atoms with Gasteiger partial charge < -0.3 is 14.5 Å². The van der Waals surface area contributed by atoms with Crippen molar-refractivity contribution in [3.63, 3.8) is 0 Å². The number of hydrogen-bond acceptors (Lipinski definition) is 5. The molecule has 0 saturated carbocycles. The SMILES string of the molecule is Cc1cnc(C(=O)N2CCCC(C(=O)N3CC(C)OC(C)C3)C2)cn1. The third kappa shape index (κ3) is 4.15. The Morgan fingerprint density at radius 1 is 1.08 bits per heavy atom. The summed E-state index contributed by atoms with van der Waals surface area (Å²) in [5.74, 6) is -0.156. The molecule has 136 valence electrons. The van der Waals surface area contributed by atoms with E-state index in [2.05, 4.69) is 9.97 Å². The van der Waals surface area contributed by atoms with E-state index in [0.717, 1.165) is 18.5 Å². The summed E-state index contributed by atoms with van der Waals surface area (Å²) in [4.78, 5) is 37.5. The van der Waals surface area contributed by atoms with Crippen LogP contribution in [0.1, 0.15) is 42.9 Å². The van der Waals surface area contributed by atoms with Crippen LogP contribution in [0.4, 0.5) is 0 Å². The van der Waals surface area contributed by atoms with Crippen LogP contribution in [0.5, 0.6) is 0 Å². The lowest BCUT2D eigenvalue weighted by Gasteiger charge is -2.39. The van der Waals surface area contributed by atoms with Crippen LogP contribution in [0.25, 0.3) is 0 Å². The van der Waals surface area contributed by atoms with E-state index in [0.29, 0.717) is 31.9 Å². The van der Waals surface area contributed by atoms with Crippen LogP contribution in [-0.4, -0.2) is 70.0 Å². The molecular weight excluding hydrogens is 320 g/mol. The molecule has 2 aliphatic rings. The Morgan fingerprint density at radius 3 is 2.44 bits per heavy atom. The number of ether oxygens (including phenoxy) is 1. The highest BCUT2D eigenvalue weighted by Crippen LogP contribution is 2.22. The summed E-state index contributed by atoms with van der Waals surface area (Å²) in [6.07, 6.45) is 4.86. The molecule has 3 atom stereocenters. The summed E-state index contributed by atoms with van der Waals surface area (Å²) in [6.45, 7) is 8.17. The van der Waals surface area contributed by atoms with E-state index in [4.69, 9.17) is 4.74 Å². The van der Waals surface area contributed by atoms with Gasteiger partial charge in [-0.15, -0.1) is 0 Å². The molecule has 0 radical (unpaired) electrons. The zero-order chi connectivity index (χ0) is 18.0. The van der Waals surface area contributed by atoms with E-state index in [1.807, 2.05) is 25.7 Å². The van der Waals surface area contributed by atoms with Crippen LogP contribution >= 0.6 is 0 Å². The van der Waals surface area contributed by atoms with Gasteiger partial charge in [0, 0.05) is 32.4 Å². The third-order valence-corrected chi connectivity index (χ3v) is 4.79. The predicted octanol–water partition coefficient (Wildman–Crippen LogP) is 1.27. The Kier molecular flexibility index (Phi) is 5.32. The van der Waals surface area contributed by atoms with Crippen LogP contribution in [0.15, 0.2) is 12.4 Å². The normalized spacial score (nSPS) is 27.2. The molecule has 25 heavy (non-hydrogen) atoms. The van der Waals surface area contributed by atoms with E-state index in [1.165, 1.54) is 6.20 Å². The van der Waals surface area contributed by atoms with Gasteiger partial charge in [0.15, 0.2) is 0 Å². The van der Waals surface area contributed by atoms with Crippen molar-refractivity contribution in [2.45, 2.75) is 45.8 Å². The molecule has 3 heterocycles. The van der Waals surface area contributed by atoms with Gasteiger partial charge >= 0.3 is 0 Å². The summed E-state index contributed by atoms with van der Waals surface area (Å²) < 4.78 is 5.71. The number of amides is 2. The lowest BCUT2D eigenvalue weighted by atomic mass is 9.95. The van der Waals surface area contributed by atoms with Crippen molar-refractivity contribution in [1.29, 1.82) is 0 Å². The van der Waals surface area contributed by atoms with Crippen molar-refractivity contribution in [3.05, 3.63) is 23.8 Å². The summed E-state index contributed by atoms with van der Waals surface area (Å²) >= 11 is 0. The molecule has 3 unspecified atom stereocenters. The van der Waals surface area contributed by atoms with Crippen LogP contribution in [0.2, 0.25) is 0 Å². The average Bonchev–Trinajstić information content (AvgIpc) is 2.60. The molecule has 7 heteroatoms. The third-order valence-electron chi connectivity index (χ3n) is 4.79. The summed E-state index contributed by atoms with van der Waals surface area (Å²) in [5, 5.41) is 0. The molecule has 0 spiro atoms. The van der Waals surface area contributed by atoms with Gasteiger partial charge in [-0.3, -0.25) is 14.6 Å². The summed E-state index contributed by atoms with van der Waals surface area (Å²) in [6, 6.07) is 0. The minimum atomic E-state index is -0.145. The highest BCUT2D eigenvalue weighted by molar-refractivity contribution is 5.92. The molecule has 2 amide bonds. The number of nitrogens with zero attached hydrogens (tertiary/aromatic N) is 4. The molecule has 0 aromatic carbocycles. The average molecular weight is 346 g/mol. The monoisotopic (exact) mass is 346 g/mol. The topological polar surface area (TPSA) is 75.6 Å². The molecule has 1 aromatic heterocycles. The Hall–Kier alpha value is -2.02. The molecule has 0 aliphatic carbocycles. The van der Waals surface area contributed by atoms with Gasteiger partial charge in [0.2, 0.25) is 5.91 Å². The second-order valence-corrected chi connectivity index (χ2v) is 7.13. The van der Waals surface area contributed by atoms with Crippen molar-refractivity contribution in [1.82, 2.24) is 19.8 Å². The van der Waals surface area contributed by atoms with Gasteiger partial charge in [-0.25, -0.2) is 4.98 Å². The number of carbonyl (C=O) groups excluding carboxylic acids is 2. The molecule has 2 fully saturated rings. The zero-order valence-corrected chi connectivity index (χ0v) is 15.1. The van der Waals surface area contributed by atoms with Crippen LogP contribution in [0, 0.1) is 12.8 Å². The number of piperidine rings is 1. The molecule has 7 nitrogen and oxygen atoms in total. The standard InChI is InChI=1S/C18H26N4O3/c1-12-7-20-16(8-19-12)18(24)21-6-4-5-15(11-21)17(23)22-9-13(2)25-14(3)10-22/h7-8,13-15H,4-6,9-11H2,1-3H3. The smallest absolute Gasteiger partial charge is 0.274 e. The van der Waals surface area contributed by atoms with E-state index in [-0.39, 0.29) is 29.9 Å². The van der Waals surface area contributed by atoms with Crippen molar-refractivity contribution >= 4 is 11.8 Å². The van der Waals surface area contributed by atoms with E-state index in [1.54, 1.807) is 11.1 Å². The fourth-order valence-electron chi connectivity index (χ4n) is 3.64. The quantitative estimate of drug-likeness (QED) is 0.806. The minimum Gasteiger partial charge on any atom is -0.372 e. The first kappa shape index (κ1) is 17.8. The largest absolute Gasteiger partial charge is 0.372 e. The minimum absolute atomic E-state index is 0.0526. The molecule has 2 saturated heterocycles. The Balaban J connectivity index is 1.65. The number of rotatable bonds is 2. The molecule has 2 aliphatic heterocycles. The Bertz CT molecular complexity index is 624. The molecule has 1 aromatic rings. The van der Waals surface area contributed by atoms with Crippen LogP contribution in [-0.2, 0) is 9.53 Å². The second kappa shape index (κ2) is 7.47. The first-order valence-electron chi connectivity index (χ1n) is 8.96. The molecular formula is C18H26N4O3. The Morgan fingerprint density at radius 2 is 1.80 bits per heavy atom.